The Morgan fingerprint density at radius 1 is 1.27 bits per heavy atom. The largest absolute Gasteiger partial charge is 0.390 e. The molecule has 3 atom stereocenters. The van der Waals surface area contributed by atoms with Gasteiger partial charge in [0.15, 0.2) is 4.80 Å². The molecule has 6 rings (SSSR count). The van der Waals surface area contributed by atoms with Crippen LogP contribution in [0.2, 0.25) is 0 Å². The summed E-state index contributed by atoms with van der Waals surface area (Å²) in [5.74, 6) is 0.994. The highest BCUT2D eigenvalue weighted by Crippen LogP contribution is 2.62. The molecule has 1 saturated heterocycles. The van der Waals surface area contributed by atoms with Gasteiger partial charge in [0.25, 0.3) is 5.91 Å². The van der Waals surface area contributed by atoms with Gasteiger partial charge in [-0.3, -0.25) is 4.79 Å². The van der Waals surface area contributed by atoms with Crippen LogP contribution in [0.25, 0.3) is 0 Å². The average Bonchev–Trinajstić information content (AvgIpc) is 3.03. The van der Waals surface area contributed by atoms with E-state index in [0.717, 1.165) is 56.5 Å². The van der Waals surface area contributed by atoms with Crippen LogP contribution in [0.1, 0.15) is 83.4 Å². The third-order valence-corrected chi connectivity index (χ3v) is 9.26. The number of thiazole rings is 1. The van der Waals surface area contributed by atoms with E-state index in [-0.39, 0.29) is 17.4 Å². The van der Waals surface area contributed by atoms with E-state index in [9.17, 15) is 9.90 Å². The summed E-state index contributed by atoms with van der Waals surface area (Å²) in [6.45, 7) is 8.22. The molecule has 166 valence electrons. The Kier molecular flexibility index (Phi) is 5.07. The van der Waals surface area contributed by atoms with Crippen LogP contribution in [0.3, 0.4) is 0 Å². The number of aliphatic hydroxyl groups is 1. The Hall–Kier alpha value is -0.980. The monoisotopic (exact) mass is 432 g/mol. The predicted molar refractivity (Wildman–Crippen MR) is 117 cm³/mol. The van der Waals surface area contributed by atoms with Gasteiger partial charge in [0, 0.05) is 17.7 Å². The van der Waals surface area contributed by atoms with Crippen LogP contribution in [-0.4, -0.2) is 33.9 Å². The summed E-state index contributed by atoms with van der Waals surface area (Å²) in [7, 11) is 0. The van der Waals surface area contributed by atoms with Crippen molar-refractivity contribution in [2.45, 2.75) is 102 Å². The first-order chi connectivity index (χ1) is 14.1. The van der Waals surface area contributed by atoms with Crippen molar-refractivity contribution in [3.05, 3.63) is 15.9 Å². The smallest absolute Gasteiger partial charge is 0.254 e. The maximum Gasteiger partial charge on any atom is 0.254 e. The van der Waals surface area contributed by atoms with Crippen molar-refractivity contribution in [1.29, 1.82) is 0 Å². The third-order valence-electron chi connectivity index (χ3n) is 7.81. The molecule has 1 amide bonds. The van der Waals surface area contributed by atoms with E-state index < -0.39 is 11.0 Å². The Morgan fingerprint density at radius 2 is 2.00 bits per heavy atom. The van der Waals surface area contributed by atoms with Crippen LogP contribution in [0.5, 0.6) is 0 Å². The van der Waals surface area contributed by atoms with Crippen LogP contribution in [0, 0.1) is 17.3 Å². The molecular weight excluding hydrogens is 396 g/mol. The average molecular weight is 433 g/mol. The molecule has 4 aliphatic carbocycles. The van der Waals surface area contributed by atoms with E-state index in [1.54, 1.807) is 11.3 Å². The first kappa shape index (κ1) is 20.9. The van der Waals surface area contributed by atoms with Gasteiger partial charge in [-0.15, -0.1) is 11.3 Å². The Morgan fingerprint density at radius 3 is 2.60 bits per heavy atom. The minimum absolute atomic E-state index is 0.00986. The van der Waals surface area contributed by atoms with Gasteiger partial charge in [-0.25, -0.2) is 0 Å². The van der Waals surface area contributed by atoms with E-state index in [1.165, 1.54) is 17.7 Å². The normalized spacial score (nSPS) is 38.9. The summed E-state index contributed by atoms with van der Waals surface area (Å²) >= 11 is 1.64. The van der Waals surface area contributed by atoms with Crippen molar-refractivity contribution < 1.29 is 14.6 Å². The summed E-state index contributed by atoms with van der Waals surface area (Å²) in [5.41, 5.74) is -1.05. The van der Waals surface area contributed by atoms with Gasteiger partial charge in [-0.05, 0) is 75.0 Å². The highest BCUT2D eigenvalue weighted by atomic mass is 32.1. The molecule has 0 radical (unpaired) electrons. The first-order valence-corrected chi connectivity index (χ1v) is 12.6. The molecule has 4 saturated carbocycles. The van der Waals surface area contributed by atoms with Crippen molar-refractivity contribution in [2.24, 2.45) is 22.2 Å². The standard InChI is InChI=1S/C24H36N2O3S/c1-22(2,3)19-14-26(13-18-6-4-5-7-29-18)21(30-19)25-20(27)23-9-16-8-17(10-23)12-24(28,11-16)15-23/h14,16-18,28H,4-13,15H2,1-3H3. The summed E-state index contributed by atoms with van der Waals surface area (Å²) < 4.78 is 8.14. The molecule has 2 heterocycles. The molecule has 4 bridgehead atoms. The van der Waals surface area contributed by atoms with Crippen molar-refractivity contribution in [3.63, 3.8) is 0 Å². The number of amides is 1. The molecule has 3 unspecified atom stereocenters. The SMILES string of the molecule is CC(C)(C)c1cn(CC2CCCCO2)c(=NC(=O)C23CC4CC(CC(O)(C4)C2)C3)s1. The van der Waals surface area contributed by atoms with Gasteiger partial charge in [-0.1, -0.05) is 20.8 Å². The van der Waals surface area contributed by atoms with E-state index in [4.69, 9.17) is 9.73 Å². The molecule has 1 aromatic heterocycles. The van der Waals surface area contributed by atoms with Crippen molar-refractivity contribution in [1.82, 2.24) is 4.57 Å². The molecule has 5 aliphatic rings. The molecule has 30 heavy (non-hydrogen) atoms. The van der Waals surface area contributed by atoms with E-state index in [1.807, 2.05) is 0 Å². The van der Waals surface area contributed by atoms with Crippen LogP contribution >= 0.6 is 11.3 Å². The molecule has 1 aliphatic heterocycles. The van der Waals surface area contributed by atoms with Gasteiger partial charge in [0.05, 0.1) is 23.7 Å². The lowest BCUT2D eigenvalue weighted by Crippen LogP contribution is -2.58. The molecule has 1 aromatic rings. The first-order valence-electron chi connectivity index (χ1n) is 11.8. The fourth-order valence-electron chi connectivity index (χ4n) is 6.79. The van der Waals surface area contributed by atoms with Gasteiger partial charge in [-0.2, -0.15) is 4.99 Å². The third kappa shape index (κ3) is 3.84. The molecule has 0 spiro atoms. The molecule has 0 aromatic carbocycles. The maximum absolute atomic E-state index is 13.6. The summed E-state index contributed by atoms with van der Waals surface area (Å²) in [4.78, 5) is 20.4. The number of hydrogen-bond donors (Lipinski definition) is 1. The number of carbonyl (C=O) groups excluding carboxylic acids is 1. The Labute approximate surface area is 183 Å². The van der Waals surface area contributed by atoms with Gasteiger partial charge < -0.3 is 14.4 Å². The van der Waals surface area contributed by atoms with Crippen molar-refractivity contribution in [3.8, 4) is 0 Å². The lowest BCUT2D eigenvalue weighted by atomic mass is 9.47. The van der Waals surface area contributed by atoms with Crippen LogP contribution in [0.15, 0.2) is 11.2 Å². The zero-order valence-electron chi connectivity index (χ0n) is 18.7. The quantitative estimate of drug-likeness (QED) is 0.779. The van der Waals surface area contributed by atoms with E-state index in [2.05, 4.69) is 31.5 Å². The molecule has 5 nitrogen and oxygen atoms in total. The lowest BCUT2D eigenvalue weighted by Gasteiger charge is -2.58. The number of carbonyl (C=O) groups is 1. The zero-order valence-corrected chi connectivity index (χ0v) is 19.5. The zero-order chi connectivity index (χ0) is 21.1. The minimum atomic E-state index is -0.632. The predicted octanol–water partition coefficient (Wildman–Crippen LogP) is 4.17. The van der Waals surface area contributed by atoms with Crippen molar-refractivity contribution >= 4 is 17.2 Å². The second kappa shape index (κ2) is 7.28. The highest BCUT2D eigenvalue weighted by molar-refractivity contribution is 7.09. The van der Waals surface area contributed by atoms with Crippen molar-refractivity contribution in [2.75, 3.05) is 6.61 Å². The number of nitrogens with zero attached hydrogens (tertiary/aromatic N) is 2. The number of hydrogen-bond acceptors (Lipinski definition) is 4. The topological polar surface area (TPSA) is 63.8 Å². The number of rotatable bonds is 3. The minimum Gasteiger partial charge on any atom is -0.390 e. The fraction of sp³-hybridized carbons (Fsp3) is 0.833. The fourth-order valence-corrected chi connectivity index (χ4v) is 7.84. The van der Waals surface area contributed by atoms with Gasteiger partial charge in [0.1, 0.15) is 0 Å². The molecular formula is C24H36N2O3S. The van der Waals surface area contributed by atoms with E-state index in [0.29, 0.717) is 18.3 Å². The summed E-state index contributed by atoms with van der Waals surface area (Å²) in [6.07, 6.45) is 11.2. The Balaban J connectivity index is 1.47. The maximum atomic E-state index is 13.6. The van der Waals surface area contributed by atoms with E-state index >= 15 is 0 Å². The second-order valence-corrected chi connectivity index (χ2v) is 12.7. The second-order valence-electron chi connectivity index (χ2n) is 11.7. The van der Waals surface area contributed by atoms with Crippen LogP contribution in [0.4, 0.5) is 0 Å². The highest BCUT2D eigenvalue weighted by Gasteiger charge is 2.60. The molecule has 6 heteroatoms. The molecule has 1 N–H and O–H groups in total. The lowest BCUT2D eigenvalue weighted by molar-refractivity contribution is -0.175. The summed E-state index contributed by atoms with van der Waals surface area (Å²) in [6, 6.07) is 0. The summed E-state index contributed by atoms with van der Waals surface area (Å²) in [5, 5.41) is 11.1. The van der Waals surface area contributed by atoms with Crippen LogP contribution < -0.4 is 4.80 Å². The van der Waals surface area contributed by atoms with Gasteiger partial charge in [0.2, 0.25) is 0 Å². The number of aromatic nitrogens is 1. The van der Waals surface area contributed by atoms with Crippen LogP contribution in [-0.2, 0) is 21.5 Å². The van der Waals surface area contributed by atoms with Gasteiger partial charge >= 0.3 is 0 Å². The molecule has 5 fully saturated rings. The number of ether oxygens (including phenoxy) is 1. The Bertz CT molecular complexity index is 873.